The predicted octanol–water partition coefficient (Wildman–Crippen LogP) is 3.57. The van der Waals surface area contributed by atoms with E-state index in [0.717, 1.165) is 12.1 Å². The summed E-state index contributed by atoms with van der Waals surface area (Å²) in [6.07, 6.45) is -4.40. The van der Waals surface area contributed by atoms with E-state index in [-0.39, 0.29) is 23.8 Å². The van der Waals surface area contributed by atoms with E-state index >= 15 is 0 Å². The molecule has 0 atom stereocenters. The Morgan fingerprint density at radius 1 is 1.10 bits per heavy atom. The van der Waals surface area contributed by atoms with Crippen molar-refractivity contribution >= 4 is 5.69 Å². The molecule has 2 rings (SSSR count). The molecule has 0 unspecified atom stereocenters. The minimum Gasteiger partial charge on any atom is -0.506 e. The van der Waals surface area contributed by atoms with Crippen LogP contribution in [-0.2, 0) is 12.8 Å². The summed E-state index contributed by atoms with van der Waals surface area (Å²) in [5.74, 6) is 0.0197. The van der Waals surface area contributed by atoms with Gasteiger partial charge in [0.25, 0.3) is 0 Å². The molecule has 0 fully saturated rings. The number of halogens is 3. The monoisotopic (exact) mass is 283 g/mol. The Bertz CT molecular complexity index is 612. The minimum atomic E-state index is -4.40. The normalized spacial score (nSPS) is 11.3. The first-order chi connectivity index (χ1) is 9.36. The van der Waals surface area contributed by atoms with Crippen LogP contribution in [0.5, 0.6) is 11.5 Å². The van der Waals surface area contributed by atoms with Crippen molar-refractivity contribution in [3.05, 3.63) is 53.6 Å². The van der Waals surface area contributed by atoms with Crippen molar-refractivity contribution in [2.24, 2.45) is 0 Å². The van der Waals surface area contributed by atoms with Gasteiger partial charge in [-0.1, -0.05) is 12.1 Å². The maximum Gasteiger partial charge on any atom is 0.416 e. The molecule has 0 saturated heterocycles. The van der Waals surface area contributed by atoms with Gasteiger partial charge in [0.2, 0.25) is 0 Å². The molecule has 0 bridgehead atoms. The summed E-state index contributed by atoms with van der Waals surface area (Å²) in [6.45, 7) is 0.0369. The lowest BCUT2D eigenvalue weighted by Gasteiger charge is -2.10. The Morgan fingerprint density at radius 3 is 2.50 bits per heavy atom. The second kappa shape index (κ2) is 5.32. The smallest absolute Gasteiger partial charge is 0.416 e. The number of anilines is 1. The molecule has 0 heterocycles. The highest BCUT2D eigenvalue weighted by Gasteiger charge is 2.30. The van der Waals surface area contributed by atoms with E-state index < -0.39 is 11.7 Å². The van der Waals surface area contributed by atoms with Crippen molar-refractivity contribution in [2.45, 2.75) is 12.8 Å². The van der Waals surface area contributed by atoms with Gasteiger partial charge < -0.3 is 15.6 Å². The van der Waals surface area contributed by atoms with Crippen LogP contribution in [0.25, 0.3) is 0 Å². The van der Waals surface area contributed by atoms with Gasteiger partial charge >= 0.3 is 6.18 Å². The van der Waals surface area contributed by atoms with Gasteiger partial charge in [-0.3, -0.25) is 0 Å². The number of phenols is 1. The largest absolute Gasteiger partial charge is 0.506 e. The standard InChI is InChI=1S/C14H12F3NO2/c15-14(16,17)10-2-1-3-11(7-10)20-8-9-4-5-12(18)13(19)6-9/h1-7,19H,8,18H2. The maximum atomic E-state index is 12.5. The summed E-state index contributed by atoms with van der Waals surface area (Å²) in [7, 11) is 0. The number of nitrogens with two attached hydrogens (primary N) is 1. The lowest BCUT2D eigenvalue weighted by Crippen LogP contribution is -2.05. The first kappa shape index (κ1) is 14.0. The molecule has 0 amide bonds. The summed E-state index contributed by atoms with van der Waals surface area (Å²) < 4.78 is 42.8. The molecule has 0 saturated carbocycles. The third kappa shape index (κ3) is 3.34. The van der Waals surface area contributed by atoms with E-state index in [1.54, 1.807) is 6.07 Å². The Morgan fingerprint density at radius 2 is 1.85 bits per heavy atom. The zero-order valence-corrected chi connectivity index (χ0v) is 10.3. The van der Waals surface area contributed by atoms with Crippen molar-refractivity contribution in [3.8, 4) is 11.5 Å². The second-order valence-corrected chi connectivity index (χ2v) is 4.21. The van der Waals surface area contributed by atoms with Gasteiger partial charge in [0.05, 0.1) is 11.3 Å². The van der Waals surface area contributed by atoms with Crippen LogP contribution >= 0.6 is 0 Å². The van der Waals surface area contributed by atoms with Crippen LogP contribution in [0.15, 0.2) is 42.5 Å². The molecule has 3 N–H and O–H groups in total. The van der Waals surface area contributed by atoms with Crippen molar-refractivity contribution < 1.29 is 23.0 Å². The third-order valence-electron chi connectivity index (χ3n) is 2.66. The number of hydrogen-bond donors (Lipinski definition) is 2. The van der Waals surface area contributed by atoms with Crippen LogP contribution in [-0.4, -0.2) is 5.11 Å². The van der Waals surface area contributed by atoms with Gasteiger partial charge in [-0.05, 0) is 35.9 Å². The number of alkyl halides is 3. The molecule has 20 heavy (non-hydrogen) atoms. The summed E-state index contributed by atoms with van der Waals surface area (Å²) in [5.41, 5.74) is 5.51. The highest BCUT2D eigenvalue weighted by molar-refractivity contribution is 5.52. The van der Waals surface area contributed by atoms with E-state index in [9.17, 15) is 18.3 Å². The summed E-state index contributed by atoms with van der Waals surface area (Å²) in [4.78, 5) is 0. The van der Waals surface area contributed by atoms with Gasteiger partial charge in [0.1, 0.15) is 18.1 Å². The number of ether oxygens (including phenoxy) is 1. The highest BCUT2D eigenvalue weighted by atomic mass is 19.4. The molecular weight excluding hydrogens is 271 g/mol. The molecule has 0 aromatic heterocycles. The van der Waals surface area contributed by atoms with E-state index in [0.29, 0.717) is 5.56 Å². The third-order valence-corrected chi connectivity index (χ3v) is 2.66. The number of hydrogen-bond acceptors (Lipinski definition) is 3. The quantitative estimate of drug-likeness (QED) is 0.668. The number of nitrogen functional groups attached to an aromatic ring is 1. The Labute approximate surface area is 113 Å². The molecule has 106 valence electrons. The molecule has 0 aliphatic rings. The molecule has 0 radical (unpaired) electrons. The van der Waals surface area contributed by atoms with Gasteiger partial charge in [-0.2, -0.15) is 13.2 Å². The Balaban J connectivity index is 2.09. The fraction of sp³-hybridized carbons (Fsp3) is 0.143. The summed E-state index contributed by atoms with van der Waals surface area (Å²) in [6, 6.07) is 9.15. The van der Waals surface area contributed by atoms with Crippen LogP contribution in [0.4, 0.5) is 18.9 Å². The summed E-state index contributed by atoms with van der Waals surface area (Å²) >= 11 is 0. The number of aromatic hydroxyl groups is 1. The average molecular weight is 283 g/mol. The lowest BCUT2D eigenvalue weighted by molar-refractivity contribution is -0.137. The van der Waals surface area contributed by atoms with Gasteiger partial charge in [-0.15, -0.1) is 0 Å². The Kier molecular flexibility index (Phi) is 3.74. The van der Waals surface area contributed by atoms with Crippen LogP contribution in [0, 0.1) is 0 Å². The Hall–Kier alpha value is -2.37. The van der Waals surface area contributed by atoms with E-state index in [1.165, 1.54) is 24.3 Å². The highest BCUT2D eigenvalue weighted by Crippen LogP contribution is 2.31. The van der Waals surface area contributed by atoms with E-state index in [1.807, 2.05) is 0 Å². The number of rotatable bonds is 3. The fourth-order valence-electron chi connectivity index (χ4n) is 1.61. The SMILES string of the molecule is Nc1ccc(COc2cccc(C(F)(F)F)c2)cc1O. The second-order valence-electron chi connectivity index (χ2n) is 4.21. The molecule has 3 nitrogen and oxygen atoms in total. The van der Waals surface area contributed by atoms with Crippen LogP contribution in [0.3, 0.4) is 0 Å². The molecule has 2 aromatic rings. The summed E-state index contributed by atoms with van der Waals surface area (Å²) in [5, 5.41) is 9.42. The lowest BCUT2D eigenvalue weighted by atomic mass is 10.2. The minimum absolute atomic E-state index is 0.0369. The zero-order valence-electron chi connectivity index (χ0n) is 10.3. The number of phenolic OH excluding ortho intramolecular Hbond substituents is 1. The molecule has 6 heteroatoms. The first-order valence-corrected chi connectivity index (χ1v) is 5.73. The molecular formula is C14H12F3NO2. The zero-order chi connectivity index (χ0) is 14.8. The van der Waals surface area contributed by atoms with Gasteiger partial charge in [-0.25, -0.2) is 0 Å². The van der Waals surface area contributed by atoms with Gasteiger partial charge in [0, 0.05) is 0 Å². The molecule has 0 spiro atoms. The van der Waals surface area contributed by atoms with Crippen molar-refractivity contribution in [1.29, 1.82) is 0 Å². The van der Waals surface area contributed by atoms with Crippen LogP contribution in [0.1, 0.15) is 11.1 Å². The van der Waals surface area contributed by atoms with Crippen LogP contribution < -0.4 is 10.5 Å². The fourth-order valence-corrected chi connectivity index (χ4v) is 1.61. The molecule has 0 aliphatic heterocycles. The van der Waals surface area contributed by atoms with Crippen molar-refractivity contribution in [2.75, 3.05) is 5.73 Å². The first-order valence-electron chi connectivity index (χ1n) is 5.73. The molecule has 2 aromatic carbocycles. The van der Waals surface area contributed by atoms with Crippen LogP contribution in [0.2, 0.25) is 0 Å². The van der Waals surface area contributed by atoms with E-state index in [4.69, 9.17) is 10.5 Å². The predicted molar refractivity (Wildman–Crippen MR) is 68.3 cm³/mol. The number of benzene rings is 2. The maximum absolute atomic E-state index is 12.5. The van der Waals surface area contributed by atoms with Gasteiger partial charge in [0.15, 0.2) is 0 Å². The topological polar surface area (TPSA) is 55.5 Å². The van der Waals surface area contributed by atoms with E-state index in [2.05, 4.69) is 0 Å². The van der Waals surface area contributed by atoms with Crippen molar-refractivity contribution in [3.63, 3.8) is 0 Å². The average Bonchev–Trinajstić information content (AvgIpc) is 2.39. The molecule has 0 aliphatic carbocycles. The van der Waals surface area contributed by atoms with Crippen molar-refractivity contribution in [1.82, 2.24) is 0 Å².